The summed E-state index contributed by atoms with van der Waals surface area (Å²) < 4.78 is 27.1. The maximum Gasteiger partial charge on any atom is 0.264 e. The second kappa shape index (κ2) is 7.25. The lowest BCUT2D eigenvalue weighted by atomic mass is 10.1. The lowest BCUT2D eigenvalue weighted by Crippen LogP contribution is -2.52. The van der Waals surface area contributed by atoms with Gasteiger partial charge in [0.2, 0.25) is 10.0 Å². The molecule has 2 amide bonds. The van der Waals surface area contributed by atoms with Gasteiger partial charge in [0, 0.05) is 31.9 Å². The van der Waals surface area contributed by atoms with Gasteiger partial charge >= 0.3 is 0 Å². The van der Waals surface area contributed by atoms with Crippen LogP contribution in [-0.4, -0.2) is 67.2 Å². The summed E-state index contributed by atoms with van der Waals surface area (Å²) in [6.45, 7) is 3.46. The van der Waals surface area contributed by atoms with Crippen LogP contribution in [0, 0.1) is 6.92 Å². The molecule has 0 saturated carbocycles. The SMILES string of the molecule is Cc1ccc(S(=O)(=O)N2CCN(CN3C(=O)c4cccc(N)c4C3=O)CC2)cc1. The predicted molar refractivity (Wildman–Crippen MR) is 108 cm³/mol. The molecule has 2 aromatic rings. The first-order chi connectivity index (χ1) is 13.8. The molecule has 0 aromatic heterocycles. The minimum absolute atomic E-state index is 0.115. The van der Waals surface area contributed by atoms with Crippen molar-refractivity contribution in [3.63, 3.8) is 0 Å². The number of rotatable bonds is 4. The summed E-state index contributed by atoms with van der Waals surface area (Å²) in [5.74, 6) is -0.773. The summed E-state index contributed by atoms with van der Waals surface area (Å²) in [7, 11) is -3.56. The third-order valence-electron chi connectivity index (χ3n) is 5.36. The van der Waals surface area contributed by atoms with E-state index in [9.17, 15) is 18.0 Å². The zero-order chi connectivity index (χ0) is 20.8. The van der Waals surface area contributed by atoms with Crippen LogP contribution in [0.15, 0.2) is 47.4 Å². The molecular weight excluding hydrogens is 392 g/mol. The van der Waals surface area contributed by atoms with Crippen LogP contribution < -0.4 is 5.73 Å². The zero-order valence-corrected chi connectivity index (χ0v) is 16.9. The van der Waals surface area contributed by atoms with Crippen molar-refractivity contribution >= 4 is 27.5 Å². The lowest BCUT2D eigenvalue weighted by molar-refractivity contribution is 0.0501. The number of imide groups is 1. The van der Waals surface area contributed by atoms with Gasteiger partial charge in [0.25, 0.3) is 11.8 Å². The van der Waals surface area contributed by atoms with E-state index in [1.54, 1.807) is 42.5 Å². The molecule has 2 N–H and O–H groups in total. The monoisotopic (exact) mass is 414 g/mol. The van der Waals surface area contributed by atoms with Gasteiger partial charge in [0.05, 0.1) is 22.7 Å². The molecule has 2 aliphatic rings. The first-order valence-corrected chi connectivity index (χ1v) is 10.8. The zero-order valence-electron chi connectivity index (χ0n) is 16.0. The molecule has 4 rings (SSSR count). The van der Waals surface area contributed by atoms with Crippen LogP contribution in [0.25, 0.3) is 0 Å². The van der Waals surface area contributed by atoms with E-state index in [0.29, 0.717) is 31.7 Å². The molecule has 0 atom stereocenters. The van der Waals surface area contributed by atoms with Crippen molar-refractivity contribution in [1.82, 2.24) is 14.1 Å². The Morgan fingerprint density at radius 3 is 2.21 bits per heavy atom. The summed E-state index contributed by atoms with van der Waals surface area (Å²) in [6, 6.07) is 11.6. The number of sulfonamides is 1. The second-order valence-corrected chi connectivity index (χ2v) is 9.22. The number of amides is 2. The summed E-state index contributed by atoms with van der Waals surface area (Å²) in [6.07, 6.45) is 0. The third kappa shape index (κ3) is 3.41. The van der Waals surface area contributed by atoms with Crippen LogP contribution in [0.5, 0.6) is 0 Å². The van der Waals surface area contributed by atoms with Crippen LogP contribution >= 0.6 is 0 Å². The molecule has 0 spiro atoms. The van der Waals surface area contributed by atoms with Crippen molar-refractivity contribution in [2.45, 2.75) is 11.8 Å². The number of anilines is 1. The Balaban J connectivity index is 1.42. The van der Waals surface area contributed by atoms with Gasteiger partial charge in [-0.05, 0) is 31.2 Å². The fraction of sp³-hybridized carbons (Fsp3) is 0.300. The lowest BCUT2D eigenvalue weighted by Gasteiger charge is -2.35. The minimum atomic E-state index is -3.56. The predicted octanol–water partition coefficient (Wildman–Crippen LogP) is 1.14. The number of fused-ring (bicyclic) bond motifs is 1. The standard InChI is InChI=1S/C20H22N4O4S/c1-14-5-7-15(8-6-14)29(27,28)23-11-9-22(10-12-23)13-24-19(25)16-3-2-4-17(21)18(16)20(24)26/h2-8H,9-13,21H2,1H3. The van der Waals surface area contributed by atoms with Gasteiger partial charge in [-0.25, -0.2) is 8.42 Å². The molecule has 1 saturated heterocycles. The van der Waals surface area contributed by atoms with E-state index in [1.165, 1.54) is 9.21 Å². The molecule has 0 radical (unpaired) electrons. The molecule has 29 heavy (non-hydrogen) atoms. The quantitative estimate of drug-likeness (QED) is 0.594. The Kier molecular flexibility index (Phi) is 4.89. The molecule has 9 heteroatoms. The summed E-state index contributed by atoms with van der Waals surface area (Å²) in [4.78, 5) is 28.6. The molecule has 2 heterocycles. The van der Waals surface area contributed by atoms with Gasteiger partial charge in [-0.1, -0.05) is 23.8 Å². The maximum atomic E-state index is 12.8. The van der Waals surface area contributed by atoms with Crippen LogP contribution in [0.3, 0.4) is 0 Å². The molecular formula is C20H22N4O4S. The van der Waals surface area contributed by atoms with E-state index in [0.717, 1.165) is 5.56 Å². The molecule has 1 fully saturated rings. The first kappa shape index (κ1) is 19.6. The summed E-state index contributed by atoms with van der Waals surface area (Å²) in [5.41, 5.74) is 7.71. The van der Waals surface area contributed by atoms with E-state index in [4.69, 9.17) is 5.73 Å². The molecule has 2 aromatic carbocycles. The fourth-order valence-corrected chi connectivity index (χ4v) is 5.08. The number of piperazine rings is 1. The van der Waals surface area contributed by atoms with E-state index < -0.39 is 15.9 Å². The van der Waals surface area contributed by atoms with Crippen LogP contribution in [0.4, 0.5) is 5.69 Å². The molecule has 152 valence electrons. The average molecular weight is 414 g/mol. The Labute approximate surface area is 169 Å². The van der Waals surface area contributed by atoms with Gasteiger partial charge in [-0.15, -0.1) is 0 Å². The normalized spacial score (nSPS) is 18.3. The highest BCUT2D eigenvalue weighted by Gasteiger charge is 2.38. The summed E-state index contributed by atoms with van der Waals surface area (Å²) >= 11 is 0. The van der Waals surface area contributed by atoms with Crippen LogP contribution in [-0.2, 0) is 10.0 Å². The minimum Gasteiger partial charge on any atom is -0.398 e. The Morgan fingerprint density at radius 2 is 1.59 bits per heavy atom. The number of carbonyl (C=O) groups excluding carboxylic acids is 2. The molecule has 0 bridgehead atoms. The number of carbonyl (C=O) groups is 2. The number of hydrogen-bond acceptors (Lipinski definition) is 6. The van der Waals surface area contributed by atoms with E-state index in [1.807, 2.05) is 11.8 Å². The van der Waals surface area contributed by atoms with Crippen molar-refractivity contribution in [3.8, 4) is 0 Å². The highest BCUT2D eigenvalue weighted by molar-refractivity contribution is 7.89. The number of benzene rings is 2. The molecule has 2 aliphatic heterocycles. The Morgan fingerprint density at radius 1 is 0.931 bits per heavy atom. The van der Waals surface area contributed by atoms with Gasteiger partial charge < -0.3 is 5.73 Å². The van der Waals surface area contributed by atoms with Gasteiger partial charge in [0.15, 0.2) is 0 Å². The largest absolute Gasteiger partial charge is 0.398 e. The van der Waals surface area contributed by atoms with Crippen molar-refractivity contribution < 1.29 is 18.0 Å². The van der Waals surface area contributed by atoms with Crippen LogP contribution in [0.1, 0.15) is 26.3 Å². The topological polar surface area (TPSA) is 104 Å². The van der Waals surface area contributed by atoms with Gasteiger partial charge in [-0.3, -0.25) is 19.4 Å². The average Bonchev–Trinajstić information content (AvgIpc) is 2.94. The van der Waals surface area contributed by atoms with Crippen molar-refractivity contribution in [2.75, 3.05) is 38.6 Å². The van der Waals surface area contributed by atoms with Gasteiger partial charge in [0.1, 0.15) is 0 Å². The Bertz CT molecular complexity index is 1070. The number of nitrogen functional groups attached to an aromatic ring is 1. The maximum absolute atomic E-state index is 12.8. The van der Waals surface area contributed by atoms with Gasteiger partial charge in [-0.2, -0.15) is 4.31 Å². The fourth-order valence-electron chi connectivity index (χ4n) is 3.66. The van der Waals surface area contributed by atoms with E-state index >= 15 is 0 Å². The molecule has 0 unspecified atom stereocenters. The number of nitrogens with two attached hydrogens (primary N) is 1. The van der Waals surface area contributed by atoms with Crippen LogP contribution in [0.2, 0.25) is 0 Å². The Hall–Kier alpha value is -2.75. The smallest absolute Gasteiger partial charge is 0.264 e. The van der Waals surface area contributed by atoms with Crippen molar-refractivity contribution in [3.05, 3.63) is 59.2 Å². The number of nitrogens with zero attached hydrogens (tertiary/aromatic N) is 3. The molecule has 0 aliphatic carbocycles. The van der Waals surface area contributed by atoms with E-state index in [2.05, 4.69) is 0 Å². The molecule has 8 nitrogen and oxygen atoms in total. The highest BCUT2D eigenvalue weighted by atomic mass is 32.2. The summed E-state index contributed by atoms with van der Waals surface area (Å²) in [5, 5.41) is 0. The third-order valence-corrected chi connectivity index (χ3v) is 7.28. The first-order valence-electron chi connectivity index (χ1n) is 9.33. The highest BCUT2D eigenvalue weighted by Crippen LogP contribution is 2.28. The second-order valence-electron chi connectivity index (χ2n) is 7.28. The number of aryl methyl sites for hydroxylation is 1. The number of hydrogen-bond donors (Lipinski definition) is 1. The van der Waals surface area contributed by atoms with E-state index in [-0.39, 0.29) is 28.7 Å². The van der Waals surface area contributed by atoms with Crippen molar-refractivity contribution in [2.24, 2.45) is 0 Å². The van der Waals surface area contributed by atoms with Crippen molar-refractivity contribution in [1.29, 1.82) is 0 Å².